The topological polar surface area (TPSA) is 99.1 Å². The molecule has 27 heavy (non-hydrogen) atoms. The molecule has 2 N–H and O–H groups in total. The van der Waals surface area contributed by atoms with Gasteiger partial charge in [-0.15, -0.1) is 0 Å². The van der Waals surface area contributed by atoms with Gasteiger partial charge in [0.25, 0.3) is 5.91 Å². The lowest BCUT2D eigenvalue weighted by atomic mass is 9.96. The third-order valence-electron chi connectivity index (χ3n) is 4.63. The number of sulfonamides is 1. The largest absolute Gasteiger partial charge is 0.322 e. The van der Waals surface area contributed by atoms with E-state index in [2.05, 4.69) is 10.0 Å². The summed E-state index contributed by atoms with van der Waals surface area (Å²) < 4.78 is 27.7. The van der Waals surface area contributed by atoms with Crippen molar-refractivity contribution in [3.63, 3.8) is 0 Å². The maximum Gasteiger partial charge on any atom is 0.255 e. The second-order valence-electron chi connectivity index (χ2n) is 6.62. The van der Waals surface area contributed by atoms with Crippen molar-refractivity contribution in [2.75, 3.05) is 5.32 Å². The first-order chi connectivity index (χ1) is 13.0. The van der Waals surface area contributed by atoms with Crippen LogP contribution in [0.25, 0.3) is 0 Å². The molecule has 1 saturated carbocycles. The molecule has 0 radical (unpaired) electrons. The van der Waals surface area contributed by atoms with Crippen molar-refractivity contribution in [1.82, 2.24) is 4.72 Å². The summed E-state index contributed by atoms with van der Waals surface area (Å²) in [6.07, 6.45) is 4.97. The van der Waals surface area contributed by atoms with E-state index in [9.17, 15) is 13.2 Å². The molecule has 2 aromatic rings. The molecule has 0 unspecified atom stereocenters. The highest BCUT2D eigenvalue weighted by Gasteiger charge is 2.22. The smallest absolute Gasteiger partial charge is 0.255 e. The van der Waals surface area contributed by atoms with E-state index in [1.165, 1.54) is 24.3 Å². The lowest BCUT2D eigenvalue weighted by molar-refractivity contribution is 0.102. The van der Waals surface area contributed by atoms with Crippen LogP contribution in [0.1, 0.15) is 48.0 Å². The molecule has 140 valence electrons. The monoisotopic (exact) mass is 383 g/mol. The van der Waals surface area contributed by atoms with Crippen molar-refractivity contribution in [1.29, 1.82) is 5.26 Å². The van der Waals surface area contributed by atoms with Crippen LogP contribution in [0.5, 0.6) is 0 Å². The number of nitrogens with one attached hydrogen (secondary N) is 2. The van der Waals surface area contributed by atoms with Crippen molar-refractivity contribution >= 4 is 21.6 Å². The van der Waals surface area contributed by atoms with E-state index < -0.39 is 10.0 Å². The number of amides is 1. The van der Waals surface area contributed by atoms with Crippen LogP contribution >= 0.6 is 0 Å². The third kappa shape index (κ3) is 4.94. The number of carbonyl (C=O) groups excluding carboxylic acids is 1. The van der Waals surface area contributed by atoms with E-state index in [0.717, 1.165) is 32.1 Å². The minimum Gasteiger partial charge on any atom is -0.322 e. The van der Waals surface area contributed by atoms with Gasteiger partial charge in [0, 0.05) is 17.3 Å². The zero-order chi connectivity index (χ0) is 19.3. The molecule has 0 bridgehead atoms. The van der Waals surface area contributed by atoms with E-state index in [0.29, 0.717) is 16.8 Å². The second-order valence-corrected chi connectivity index (χ2v) is 8.34. The van der Waals surface area contributed by atoms with Gasteiger partial charge in [0.2, 0.25) is 10.0 Å². The Morgan fingerprint density at radius 2 is 1.59 bits per heavy atom. The fourth-order valence-corrected chi connectivity index (χ4v) is 4.43. The van der Waals surface area contributed by atoms with Crippen LogP contribution in [0.4, 0.5) is 5.69 Å². The van der Waals surface area contributed by atoms with Gasteiger partial charge in [-0.2, -0.15) is 5.26 Å². The number of benzene rings is 2. The number of carbonyl (C=O) groups is 1. The standard InChI is InChI=1S/C20H21N3O3S/c21-14-15-6-10-17(11-7-15)22-20(24)16-8-12-19(13-9-16)27(25,26)23-18-4-2-1-3-5-18/h6-13,18,23H,1-5H2,(H,22,24). The molecule has 0 spiro atoms. The Morgan fingerprint density at radius 3 is 2.19 bits per heavy atom. The Hall–Kier alpha value is -2.69. The van der Waals surface area contributed by atoms with Gasteiger partial charge in [-0.05, 0) is 61.4 Å². The first-order valence-corrected chi connectivity index (χ1v) is 10.4. The van der Waals surface area contributed by atoms with Crippen LogP contribution in [-0.2, 0) is 10.0 Å². The van der Waals surface area contributed by atoms with Gasteiger partial charge < -0.3 is 5.32 Å². The van der Waals surface area contributed by atoms with Gasteiger partial charge in [0.15, 0.2) is 0 Å². The van der Waals surface area contributed by atoms with E-state index in [-0.39, 0.29) is 16.8 Å². The van der Waals surface area contributed by atoms with Crippen LogP contribution in [0, 0.1) is 11.3 Å². The number of anilines is 1. The third-order valence-corrected chi connectivity index (χ3v) is 6.16. The second kappa shape index (κ2) is 8.33. The lowest BCUT2D eigenvalue weighted by Gasteiger charge is -2.22. The van der Waals surface area contributed by atoms with E-state index in [1.54, 1.807) is 24.3 Å². The van der Waals surface area contributed by atoms with E-state index in [1.807, 2.05) is 6.07 Å². The van der Waals surface area contributed by atoms with Crippen molar-refractivity contribution < 1.29 is 13.2 Å². The first kappa shape index (κ1) is 19.1. The summed E-state index contributed by atoms with van der Waals surface area (Å²) in [5, 5.41) is 11.5. The fourth-order valence-electron chi connectivity index (χ4n) is 3.12. The predicted octanol–water partition coefficient (Wildman–Crippen LogP) is 3.42. The number of nitriles is 1. The summed E-state index contributed by atoms with van der Waals surface area (Å²) in [6, 6.07) is 14.4. The molecule has 1 amide bonds. The molecule has 1 fully saturated rings. The maximum atomic E-state index is 12.5. The Bertz CT molecular complexity index is 939. The number of nitrogens with zero attached hydrogens (tertiary/aromatic N) is 1. The van der Waals surface area contributed by atoms with Gasteiger partial charge >= 0.3 is 0 Å². The van der Waals surface area contributed by atoms with Crippen LogP contribution in [0.3, 0.4) is 0 Å². The zero-order valence-corrected chi connectivity index (χ0v) is 15.6. The first-order valence-electron chi connectivity index (χ1n) is 8.92. The summed E-state index contributed by atoms with van der Waals surface area (Å²) in [4.78, 5) is 12.5. The fraction of sp³-hybridized carbons (Fsp3) is 0.300. The minimum absolute atomic E-state index is 0.0110. The van der Waals surface area contributed by atoms with E-state index in [4.69, 9.17) is 5.26 Å². The number of rotatable bonds is 5. The predicted molar refractivity (Wildman–Crippen MR) is 103 cm³/mol. The molecule has 0 aromatic heterocycles. The van der Waals surface area contributed by atoms with Crippen LogP contribution < -0.4 is 10.0 Å². The Labute approximate surface area is 159 Å². The van der Waals surface area contributed by atoms with Gasteiger partial charge in [-0.1, -0.05) is 19.3 Å². The lowest BCUT2D eigenvalue weighted by Crippen LogP contribution is -2.36. The quantitative estimate of drug-likeness (QED) is 0.826. The average molecular weight is 383 g/mol. The molecule has 1 aliphatic carbocycles. The number of hydrogen-bond donors (Lipinski definition) is 2. The average Bonchev–Trinajstić information content (AvgIpc) is 2.69. The molecular formula is C20H21N3O3S. The molecule has 2 aromatic carbocycles. The summed E-state index contributed by atoms with van der Waals surface area (Å²) in [6.45, 7) is 0. The van der Waals surface area contributed by atoms with Crippen LogP contribution in [0.15, 0.2) is 53.4 Å². The van der Waals surface area contributed by atoms with Crippen LogP contribution in [0.2, 0.25) is 0 Å². The molecule has 7 heteroatoms. The minimum atomic E-state index is -3.58. The molecule has 0 aliphatic heterocycles. The molecule has 3 rings (SSSR count). The van der Waals surface area contributed by atoms with Crippen LogP contribution in [-0.4, -0.2) is 20.4 Å². The van der Waals surface area contributed by atoms with E-state index >= 15 is 0 Å². The highest BCUT2D eigenvalue weighted by molar-refractivity contribution is 7.89. The summed E-state index contributed by atoms with van der Waals surface area (Å²) >= 11 is 0. The van der Waals surface area contributed by atoms with Crippen molar-refractivity contribution in [3.05, 3.63) is 59.7 Å². The Kier molecular flexibility index (Phi) is 5.89. The van der Waals surface area contributed by atoms with Gasteiger partial charge in [-0.3, -0.25) is 4.79 Å². The maximum absolute atomic E-state index is 12.5. The summed E-state index contributed by atoms with van der Waals surface area (Å²) in [5.74, 6) is -0.344. The SMILES string of the molecule is N#Cc1ccc(NC(=O)c2ccc(S(=O)(=O)NC3CCCCC3)cc2)cc1. The molecule has 0 heterocycles. The zero-order valence-electron chi connectivity index (χ0n) is 14.8. The van der Waals surface area contributed by atoms with Gasteiger partial charge in [-0.25, -0.2) is 13.1 Å². The van der Waals surface area contributed by atoms with Crippen molar-refractivity contribution in [2.24, 2.45) is 0 Å². The normalized spacial score (nSPS) is 15.1. The van der Waals surface area contributed by atoms with Gasteiger partial charge in [0.05, 0.1) is 16.5 Å². The molecule has 0 atom stereocenters. The molecule has 6 nitrogen and oxygen atoms in total. The highest BCUT2D eigenvalue weighted by atomic mass is 32.2. The Morgan fingerprint density at radius 1 is 0.963 bits per heavy atom. The Balaban J connectivity index is 1.66. The molecule has 1 aliphatic rings. The summed E-state index contributed by atoms with van der Waals surface area (Å²) in [5.41, 5.74) is 1.43. The molecule has 0 saturated heterocycles. The summed E-state index contributed by atoms with van der Waals surface area (Å²) in [7, 11) is -3.58. The number of hydrogen-bond acceptors (Lipinski definition) is 4. The van der Waals surface area contributed by atoms with Gasteiger partial charge in [0.1, 0.15) is 0 Å². The van der Waals surface area contributed by atoms with Crippen molar-refractivity contribution in [3.8, 4) is 6.07 Å². The molecular weight excluding hydrogens is 362 g/mol. The van der Waals surface area contributed by atoms with Crippen molar-refractivity contribution in [2.45, 2.75) is 43.0 Å². The highest BCUT2D eigenvalue weighted by Crippen LogP contribution is 2.20.